The number of nitrogen functional groups attached to an aromatic ring is 1. The zero-order chi connectivity index (χ0) is 18.8. The van der Waals surface area contributed by atoms with Crippen molar-refractivity contribution in [3.05, 3.63) is 59.3 Å². The highest BCUT2D eigenvalue weighted by molar-refractivity contribution is 5.96. The lowest BCUT2D eigenvalue weighted by atomic mass is 10.1. The van der Waals surface area contributed by atoms with Gasteiger partial charge in [0.1, 0.15) is 13.2 Å². The van der Waals surface area contributed by atoms with Crippen LogP contribution in [-0.4, -0.2) is 34.1 Å². The molecule has 0 atom stereocenters. The predicted molar refractivity (Wildman–Crippen MR) is 99.1 cm³/mol. The molecule has 0 aliphatic carbocycles. The number of hydrogen-bond acceptors (Lipinski definition) is 6. The van der Waals surface area contributed by atoms with Crippen LogP contribution in [0, 0.1) is 6.92 Å². The van der Waals surface area contributed by atoms with Crippen LogP contribution in [0.3, 0.4) is 0 Å². The number of ether oxygens (including phenoxy) is 2. The fourth-order valence-electron chi connectivity index (χ4n) is 2.78. The summed E-state index contributed by atoms with van der Waals surface area (Å²) in [6, 6.07) is 13.2. The van der Waals surface area contributed by atoms with Crippen molar-refractivity contribution in [2.24, 2.45) is 0 Å². The highest BCUT2D eigenvalue weighted by atomic mass is 16.6. The molecule has 3 aromatic rings. The Morgan fingerprint density at radius 1 is 1.15 bits per heavy atom. The smallest absolute Gasteiger partial charge is 0.275 e. The topological polar surface area (TPSA) is 104 Å². The van der Waals surface area contributed by atoms with E-state index in [1.807, 2.05) is 31.2 Å². The van der Waals surface area contributed by atoms with Crippen molar-refractivity contribution < 1.29 is 14.3 Å². The number of fused-ring (bicyclic) bond motifs is 1. The number of nitrogens with one attached hydrogen (secondary N) is 1. The molecular weight excluding hydrogens is 346 g/mol. The van der Waals surface area contributed by atoms with Crippen molar-refractivity contribution in [3.63, 3.8) is 0 Å². The summed E-state index contributed by atoms with van der Waals surface area (Å²) in [5, 5.41) is 10.8. The van der Waals surface area contributed by atoms with Crippen LogP contribution in [-0.2, 0) is 6.54 Å². The Hall–Kier alpha value is -3.55. The van der Waals surface area contributed by atoms with Gasteiger partial charge >= 0.3 is 0 Å². The van der Waals surface area contributed by atoms with Crippen LogP contribution in [0.4, 0.5) is 5.82 Å². The van der Waals surface area contributed by atoms with Gasteiger partial charge in [-0.25, -0.2) is 0 Å². The molecule has 2 heterocycles. The highest BCUT2D eigenvalue weighted by Crippen LogP contribution is 2.32. The molecule has 2 aromatic carbocycles. The van der Waals surface area contributed by atoms with Gasteiger partial charge in [0.15, 0.2) is 23.0 Å². The Kier molecular flexibility index (Phi) is 4.37. The molecule has 8 nitrogen and oxygen atoms in total. The number of aryl methyl sites for hydroxylation is 1. The summed E-state index contributed by atoms with van der Waals surface area (Å²) in [4.78, 5) is 12.4. The summed E-state index contributed by atoms with van der Waals surface area (Å²) >= 11 is 0. The second-order valence-electron chi connectivity index (χ2n) is 6.23. The summed E-state index contributed by atoms with van der Waals surface area (Å²) in [5.41, 5.74) is 8.98. The normalized spacial score (nSPS) is 12.6. The summed E-state index contributed by atoms with van der Waals surface area (Å²) in [6.45, 7) is 3.40. The van der Waals surface area contributed by atoms with E-state index in [1.54, 1.807) is 18.2 Å². The summed E-state index contributed by atoms with van der Waals surface area (Å²) in [6.07, 6.45) is 0. The average molecular weight is 365 g/mol. The first-order chi connectivity index (χ1) is 13.1. The first-order valence-electron chi connectivity index (χ1n) is 8.57. The van der Waals surface area contributed by atoms with Crippen LogP contribution in [0.25, 0.3) is 5.69 Å². The highest BCUT2D eigenvalue weighted by Gasteiger charge is 2.20. The first kappa shape index (κ1) is 16.9. The van der Waals surface area contributed by atoms with Gasteiger partial charge in [-0.15, -0.1) is 5.10 Å². The number of aromatic nitrogens is 3. The third-order valence-corrected chi connectivity index (χ3v) is 4.26. The Bertz CT molecular complexity index is 982. The number of amides is 1. The van der Waals surface area contributed by atoms with Crippen LogP contribution < -0.4 is 20.5 Å². The molecule has 8 heteroatoms. The quantitative estimate of drug-likeness (QED) is 0.731. The Balaban J connectivity index is 1.51. The lowest BCUT2D eigenvalue weighted by Crippen LogP contribution is -2.24. The lowest BCUT2D eigenvalue weighted by Gasteiger charge is -2.18. The van der Waals surface area contributed by atoms with Crippen LogP contribution in [0.15, 0.2) is 42.5 Å². The maximum atomic E-state index is 12.4. The largest absolute Gasteiger partial charge is 0.486 e. The van der Waals surface area contributed by atoms with Gasteiger partial charge < -0.3 is 20.5 Å². The Labute approximate surface area is 155 Å². The second kappa shape index (κ2) is 6.99. The molecule has 27 heavy (non-hydrogen) atoms. The standard InChI is InChI=1S/C19H19N5O3/c1-12-2-4-13(5-3-12)11-21-19(25)17-18(20)24(23-22-17)14-6-7-15-16(10-14)27-9-8-26-15/h2-7,10H,8-9,11,20H2,1H3,(H,21,25). The number of anilines is 1. The van der Waals surface area contributed by atoms with Gasteiger partial charge in [-0.3, -0.25) is 4.79 Å². The van der Waals surface area contributed by atoms with E-state index in [0.717, 1.165) is 11.1 Å². The number of carbonyl (C=O) groups excluding carboxylic acids is 1. The first-order valence-corrected chi connectivity index (χ1v) is 8.57. The number of rotatable bonds is 4. The number of nitrogens with two attached hydrogens (primary N) is 1. The molecule has 0 spiro atoms. The molecule has 4 rings (SSSR count). The van der Waals surface area contributed by atoms with E-state index >= 15 is 0 Å². The van der Waals surface area contributed by atoms with E-state index in [4.69, 9.17) is 15.2 Å². The van der Waals surface area contributed by atoms with E-state index in [1.165, 1.54) is 4.68 Å². The third-order valence-electron chi connectivity index (χ3n) is 4.26. The minimum absolute atomic E-state index is 0.0806. The van der Waals surface area contributed by atoms with Gasteiger partial charge in [0.2, 0.25) is 0 Å². The molecule has 0 saturated heterocycles. The van der Waals surface area contributed by atoms with E-state index in [0.29, 0.717) is 36.9 Å². The van der Waals surface area contributed by atoms with Gasteiger partial charge in [-0.1, -0.05) is 35.0 Å². The molecule has 1 aliphatic rings. The van der Waals surface area contributed by atoms with Gasteiger partial charge in [0.05, 0.1) is 5.69 Å². The van der Waals surface area contributed by atoms with Crippen molar-refractivity contribution in [2.75, 3.05) is 18.9 Å². The molecule has 0 unspecified atom stereocenters. The number of benzene rings is 2. The van der Waals surface area contributed by atoms with E-state index < -0.39 is 0 Å². The Morgan fingerprint density at radius 3 is 2.67 bits per heavy atom. The second-order valence-corrected chi connectivity index (χ2v) is 6.23. The minimum atomic E-state index is -0.378. The molecule has 1 aromatic heterocycles. The SMILES string of the molecule is Cc1ccc(CNC(=O)c2nnn(-c3ccc4c(c3)OCCO4)c2N)cc1. The van der Waals surface area contributed by atoms with E-state index in [2.05, 4.69) is 15.6 Å². The van der Waals surface area contributed by atoms with Gasteiger partial charge in [-0.05, 0) is 24.6 Å². The van der Waals surface area contributed by atoms with E-state index in [9.17, 15) is 4.79 Å². The van der Waals surface area contributed by atoms with Gasteiger partial charge in [-0.2, -0.15) is 4.68 Å². The van der Waals surface area contributed by atoms with Crippen molar-refractivity contribution in [1.29, 1.82) is 0 Å². The zero-order valence-electron chi connectivity index (χ0n) is 14.8. The van der Waals surface area contributed by atoms with Gasteiger partial charge in [0, 0.05) is 12.6 Å². The zero-order valence-corrected chi connectivity index (χ0v) is 14.8. The average Bonchev–Trinajstić information content (AvgIpc) is 3.08. The van der Waals surface area contributed by atoms with Crippen LogP contribution in [0.2, 0.25) is 0 Å². The van der Waals surface area contributed by atoms with Crippen molar-refractivity contribution in [1.82, 2.24) is 20.3 Å². The summed E-state index contributed by atoms with van der Waals surface area (Å²) < 4.78 is 12.5. The molecule has 1 amide bonds. The molecule has 138 valence electrons. The number of hydrogen-bond donors (Lipinski definition) is 2. The molecule has 0 saturated carbocycles. The van der Waals surface area contributed by atoms with Crippen LogP contribution in [0.5, 0.6) is 11.5 Å². The maximum Gasteiger partial charge on any atom is 0.275 e. The lowest BCUT2D eigenvalue weighted by molar-refractivity contribution is 0.0946. The fourth-order valence-corrected chi connectivity index (χ4v) is 2.78. The minimum Gasteiger partial charge on any atom is -0.486 e. The number of nitrogens with zero attached hydrogens (tertiary/aromatic N) is 3. The monoisotopic (exact) mass is 365 g/mol. The van der Waals surface area contributed by atoms with Crippen molar-refractivity contribution >= 4 is 11.7 Å². The van der Waals surface area contributed by atoms with Gasteiger partial charge in [0.25, 0.3) is 5.91 Å². The van der Waals surface area contributed by atoms with Crippen LogP contribution >= 0.6 is 0 Å². The number of carbonyl (C=O) groups is 1. The maximum absolute atomic E-state index is 12.4. The van der Waals surface area contributed by atoms with Crippen molar-refractivity contribution in [2.45, 2.75) is 13.5 Å². The van der Waals surface area contributed by atoms with Crippen LogP contribution in [0.1, 0.15) is 21.6 Å². The molecule has 0 fully saturated rings. The molecule has 0 bridgehead atoms. The molecule has 3 N–H and O–H groups in total. The molecule has 0 radical (unpaired) electrons. The Morgan fingerprint density at radius 2 is 1.89 bits per heavy atom. The summed E-state index contributed by atoms with van der Waals surface area (Å²) in [7, 11) is 0. The predicted octanol–water partition coefficient (Wildman–Crippen LogP) is 1.86. The van der Waals surface area contributed by atoms with Crippen molar-refractivity contribution in [3.8, 4) is 17.2 Å². The van der Waals surface area contributed by atoms with E-state index in [-0.39, 0.29) is 17.4 Å². The fraction of sp³-hybridized carbons (Fsp3) is 0.211. The summed E-state index contributed by atoms with van der Waals surface area (Å²) in [5.74, 6) is 1.06. The molecule has 1 aliphatic heterocycles. The molecular formula is C19H19N5O3. The third kappa shape index (κ3) is 3.41.